The monoisotopic (exact) mass is 394 g/mol. The van der Waals surface area contributed by atoms with Gasteiger partial charge in [0.1, 0.15) is 5.84 Å². The van der Waals surface area contributed by atoms with Crippen LogP contribution in [0.3, 0.4) is 0 Å². The number of nitrogens with zero attached hydrogens (tertiary/aromatic N) is 2. The smallest absolute Gasteiger partial charge is 0.122 e. The number of nitrogens with one attached hydrogen (secondary N) is 1. The highest BCUT2D eigenvalue weighted by atomic mass is 32.2. The summed E-state index contributed by atoms with van der Waals surface area (Å²) in [4.78, 5) is 7.67. The molecular formula is C23H30N4S. The molecule has 0 amide bonds. The van der Waals surface area contributed by atoms with Gasteiger partial charge in [0.2, 0.25) is 0 Å². The maximum absolute atomic E-state index is 7.91. The van der Waals surface area contributed by atoms with E-state index in [1.165, 1.54) is 34.0 Å². The molecule has 4 rings (SSSR count). The molecule has 5 heteroatoms. The predicted molar refractivity (Wildman–Crippen MR) is 119 cm³/mol. The number of fused-ring (bicyclic) bond motifs is 2. The summed E-state index contributed by atoms with van der Waals surface area (Å²) in [6, 6.07) is 14.9. The van der Waals surface area contributed by atoms with E-state index < -0.39 is 0 Å². The van der Waals surface area contributed by atoms with E-state index in [1.807, 2.05) is 17.8 Å². The largest absolute Gasteiger partial charge is 0.384 e. The van der Waals surface area contributed by atoms with Gasteiger partial charge >= 0.3 is 0 Å². The number of para-hydroxylation sites is 1. The molecule has 0 spiro atoms. The summed E-state index contributed by atoms with van der Waals surface area (Å²) in [6.45, 7) is 9.29. The molecule has 148 valence electrons. The lowest BCUT2D eigenvalue weighted by Crippen LogP contribution is -2.52. The number of nitrogen functional groups attached to an aromatic ring is 1. The second-order valence-corrected chi connectivity index (χ2v) is 9.75. The summed E-state index contributed by atoms with van der Waals surface area (Å²) in [5.74, 6) is 0.124. The quantitative estimate of drug-likeness (QED) is 0.536. The Morgan fingerprint density at radius 2 is 1.93 bits per heavy atom. The number of amidine groups is 1. The van der Waals surface area contributed by atoms with Gasteiger partial charge in [0.15, 0.2) is 0 Å². The molecule has 0 saturated carbocycles. The molecule has 0 aromatic heterocycles. The van der Waals surface area contributed by atoms with Gasteiger partial charge in [-0.25, -0.2) is 0 Å². The van der Waals surface area contributed by atoms with Crippen LogP contribution in [-0.4, -0.2) is 30.0 Å². The van der Waals surface area contributed by atoms with Gasteiger partial charge in [-0.3, -0.25) is 10.3 Å². The highest BCUT2D eigenvalue weighted by Gasteiger charge is 2.36. The third kappa shape index (κ3) is 3.53. The normalized spacial score (nSPS) is 19.6. The Morgan fingerprint density at radius 3 is 2.64 bits per heavy atom. The first kappa shape index (κ1) is 19.3. The van der Waals surface area contributed by atoms with Gasteiger partial charge in [-0.05, 0) is 48.9 Å². The van der Waals surface area contributed by atoms with Crippen molar-refractivity contribution in [1.29, 1.82) is 5.41 Å². The van der Waals surface area contributed by atoms with Crippen LogP contribution in [0.25, 0.3) is 0 Å². The van der Waals surface area contributed by atoms with Crippen LogP contribution in [-0.2, 0) is 0 Å². The predicted octanol–water partition coefficient (Wildman–Crippen LogP) is 5.43. The Kier molecular flexibility index (Phi) is 5.15. The maximum atomic E-state index is 7.91. The topological polar surface area (TPSA) is 56.4 Å². The lowest BCUT2D eigenvalue weighted by Gasteiger charge is -2.48. The van der Waals surface area contributed by atoms with Gasteiger partial charge in [0.25, 0.3) is 0 Å². The van der Waals surface area contributed by atoms with Gasteiger partial charge in [-0.2, -0.15) is 0 Å². The highest BCUT2D eigenvalue weighted by molar-refractivity contribution is 7.99. The van der Waals surface area contributed by atoms with Gasteiger partial charge in [-0.1, -0.05) is 50.7 Å². The first-order valence-electron chi connectivity index (χ1n) is 10.2. The van der Waals surface area contributed by atoms with Gasteiger partial charge in [0, 0.05) is 28.4 Å². The first-order chi connectivity index (χ1) is 13.4. The van der Waals surface area contributed by atoms with E-state index in [2.05, 4.69) is 67.0 Å². The number of piperidine rings is 1. The average molecular weight is 395 g/mol. The van der Waals surface area contributed by atoms with Crippen LogP contribution in [0.5, 0.6) is 0 Å². The molecule has 1 saturated heterocycles. The molecule has 2 heterocycles. The van der Waals surface area contributed by atoms with Crippen LogP contribution < -0.4 is 10.6 Å². The Hall–Kier alpha value is -1.98. The molecule has 0 radical (unpaired) electrons. The molecule has 3 N–H and O–H groups in total. The fourth-order valence-corrected chi connectivity index (χ4v) is 5.65. The molecule has 2 aromatic rings. The standard InChI is InChI=1S/C23H30N4S/c1-4-21(26-13-7-12-23(2,3)15-26)27-17-8-5-6-9-19(17)28-20-11-10-16(22(24)25)14-18(20)27/h5-6,8-11,14,21H,4,7,12-13,15H2,1-3H3,(H3,24,25). The summed E-state index contributed by atoms with van der Waals surface area (Å²) in [6.07, 6.45) is 3.87. The van der Waals surface area contributed by atoms with Crippen LogP contribution in [0.15, 0.2) is 52.3 Å². The fourth-order valence-electron chi connectivity index (χ4n) is 4.60. The minimum absolute atomic E-state index is 0.124. The molecule has 1 fully saturated rings. The van der Waals surface area contributed by atoms with Crippen LogP contribution >= 0.6 is 11.8 Å². The van der Waals surface area contributed by atoms with E-state index in [1.54, 1.807) is 0 Å². The second kappa shape index (κ2) is 7.45. The molecule has 2 aliphatic rings. The van der Waals surface area contributed by atoms with Crippen molar-refractivity contribution in [2.45, 2.75) is 56.0 Å². The third-order valence-corrected chi connectivity index (χ3v) is 7.02. The number of rotatable bonds is 4. The Morgan fingerprint density at radius 1 is 1.18 bits per heavy atom. The zero-order valence-corrected chi connectivity index (χ0v) is 17.9. The summed E-state index contributed by atoms with van der Waals surface area (Å²) >= 11 is 1.81. The van der Waals surface area contributed by atoms with Gasteiger partial charge in [-0.15, -0.1) is 0 Å². The maximum Gasteiger partial charge on any atom is 0.122 e. The van der Waals surface area contributed by atoms with E-state index in [-0.39, 0.29) is 5.84 Å². The van der Waals surface area contributed by atoms with E-state index >= 15 is 0 Å². The Bertz CT molecular complexity index is 892. The highest BCUT2D eigenvalue weighted by Crippen LogP contribution is 2.50. The van der Waals surface area contributed by atoms with E-state index in [9.17, 15) is 0 Å². The molecule has 2 aromatic carbocycles. The van der Waals surface area contributed by atoms with Gasteiger partial charge < -0.3 is 10.6 Å². The summed E-state index contributed by atoms with van der Waals surface area (Å²) in [5, 5.41) is 7.91. The molecule has 1 atom stereocenters. The van der Waals surface area contributed by atoms with Crippen molar-refractivity contribution in [1.82, 2.24) is 4.90 Å². The Balaban J connectivity index is 1.82. The third-order valence-electron chi connectivity index (χ3n) is 5.89. The summed E-state index contributed by atoms with van der Waals surface area (Å²) < 4.78 is 0. The molecule has 0 bridgehead atoms. The molecule has 2 aliphatic heterocycles. The number of hydrogen-bond acceptors (Lipinski definition) is 4. The van der Waals surface area contributed by atoms with E-state index in [0.29, 0.717) is 11.6 Å². The molecule has 4 nitrogen and oxygen atoms in total. The van der Waals surface area contributed by atoms with Crippen LogP contribution in [0.2, 0.25) is 0 Å². The second-order valence-electron chi connectivity index (χ2n) is 8.66. The Labute approximate surface area is 172 Å². The number of hydrogen-bond donors (Lipinski definition) is 2. The van der Waals surface area contributed by atoms with Crippen molar-refractivity contribution in [3.63, 3.8) is 0 Å². The number of benzene rings is 2. The van der Waals surface area contributed by atoms with Crippen molar-refractivity contribution in [2.24, 2.45) is 11.1 Å². The lowest BCUT2D eigenvalue weighted by molar-refractivity contribution is 0.0780. The van der Waals surface area contributed by atoms with Crippen LogP contribution in [0.4, 0.5) is 11.4 Å². The minimum atomic E-state index is 0.124. The van der Waals surface area contributed by atoms with Crippen molar-refractivity contribution in [3.8, 4) is 0 Å². The lowest BCUT2D eigenvalue weighted by atomic mass is 9.84. The summed E-state index contributed by atoms with van der Waals surface area (Å²) in [5.41, 5.74) is 9.39. The van der Waals surface area contributed by atoms with Gasteiger partial charge in [0.05, 0.1) is 17.5 Å². The summed E-state index contributed by atoms with van der Waals surface area (Å²) in [7, 11) is 0. The fraction of sp³-hybridized carbons (Fsp3) is 0.435. The zero-order chi connectivity index (χ0) is 19.9. The number of nitrogens with two attached hydrogens (primary N) is 1. The van der Waals surface area contributed by atoms with Crippen molar-refractivity contribution in [2.75, 3.05) is 18.0 Å². The van der Waals surface area contributed by atoms with Crippen molar-refractivity contribution >= 4 is 29.0 Å². The molecule has 1 unspecified atom stereocenters. The van der Waals surface area contributed by atoms with E-state index in [4.69, 9.17) is 11.1 Å². The van der Waals surface area contributed by atoms with Crippen LogP contribution in [0.1, 0.15) is 45.6 Å². The SMILES string of the molecule is CCC(N1CCCC(C)(C)C1)N1c2ccccc2Sc2ccc(C(=N)N)cc21. The molecular weight excluding hydrogens is 364 g/mol. The minimum Gasteiger partial charge on any atom is -0.384 e. The first-order valence-corrected chi connectivity index (χ1v) is 11.0. The van der Waals surface area contributed by atoms with Crippen molar-refractivity contribution in [3.05, 3.63) is 48.0 Å². The number of likely N-dealkylation sites (tertiary alicyclic amines) is 1. The zero-order valence-electron chi connectivity index (χ0n) is 17.0. The van der Waals surface area contributed by atoms with Crippen molar-refractivity contribution < 1.29 is 0 Å². The van der Waals surface area contributed by atoms with Crippen LogP contribution in [0, 0.1) is 10.8 Å². The van der Waals surface area contributed by atoms with E-state index in [0.717, 1.165) is 25.1 Å². The average Bonchev–Trinajstić information content (AvgIpc) is 2.67. The number of anilines is 2. The molecule has 28 heavy (non-hydrogen) atoms. The molecule has 0 aliphatic carbocycles.